The normalized spacial score (nSPS) is 31.2. The second-order valence-corrected chi connectivity index (χ2v) is 17.0. The number of ether oxygens (including phenoxy) is 2. The maximum absolute atomic E-state index is 13.1. The molecular weight excluding hydrogens is 2930 g/mol. The van der Waals surface area contributed by atoms with E-state index in [9.17, 15) is 38.4 Å². The van der Waals surface area contributed by atoms with Crippen molar-refractivity contribution < 1.29 is 898 Å². The molecule has 6 rings (SSSR count). The van der Waals surface area contributed by atoms with E-state index >= 15 is 0 Å². The van der Waals surface area contributed by atoms with Crippen LogP contribution in [-0.2, 0) is 898 Å². The minimum absolute atomic E-state index is 0. The molecule has 0 bridgehead atoms. The van der Waals surface area contributed by atoms with Crippen molar-refractivity contribution in [3.63, 3.8) is 0 Å². The quantitative estimate of drug-likeness (QED) is 0.291. The van der Waals surface area contributed by atoms with Crippen LogP contribution in [0.5, 0.6) is 0 Å². The first-order chi connectivity index (χ1) is 22.3. The topological polar surface area (TPSA) is 155 Å². The van der Waals surface area contributed by atoms with Gasteiger partial charge in [-0.05, 0) is 86.9 Å². The number of cyclic esters (lactones) is 2. The first-order valence-corrected chi connectivity index (χ1v) is 17.5. The van der Waals surface area contributed by atoms with Crippen LogP contribution in [0.4, 0.5) is 0 Å². The Morgan fingerprint density at radius 3 is 0.824 bits per heavy atom. The average molecular weight is 2980 g/mol. The molecule has 36 heteroatoms. The summed E-state index contributed by atoms with van der Waals surface area (Å²) in [5.74, 6) is -2.65. The van der Waals surface area contributed by atoms with Gasteiger partial charge in [-0.3, -0.25) is 28.8 Å². The number of rotatable bonds is 4. The van der Waals surface area contributed by atoms with E-state index in [1.807, 2.05) is 41.5 Å². The number of hydrogen-bond donors (Lipinski definition) is 0. The molecule has 0 amide bonds. The van der Waals surface area contributed by atoms with Crippen LogP contribution in [0.15, 0.2) is 0 Å². The van der Waals surface area contributed by atoms with Crippen molar-refractivity contribution in [2.75, 3.05) is 0 Å². The van der Waals surface area contributed by atoms with Gasteiger partial charge in [0.15, 0.2) is 0 Å². The van der Waals surface area contributed by atoms with Crippen LogP contribution in [0.25, 0.3) is 0 Å². The van der Waals surface area contributed by atoms with Crippen molar-refractivity contribution in [1.29, 1.82) is 0 Å². The van der Waals surface area contributed by atoms with Gasteiger partial charge in [0.2, 0.25) is 0 Å². The zero-order valence-corrected chi connectivity index (χ0v) is 118. The maximum atomic E-state index is 13.1. The third kappa shape index (κ3) is 41.8. The van der Waals surface area contributed by atoms with Crippen molar-refractivity contribution in [2.45, 2.75) is 119 Å². The summed E-state index contributed by atoms with van der Waals surface area (Å²) in [5, 5.41) is 0. The molecule has 0 N–H and O–H groups in total. The molecular formula is C38H50O10Y26-2. The Hall–Kier alpha value is 25.7. The van der Waals surface area contributed by atoms with Crippen LogP contribution < -0.4 is 0 Å². The SMILES string of the molecule is CC(=O)[C@@H]1C[C@@H](C)C(=O)[C@H]2[C@@]1(C)CC[C@H]1C(=O)O[C@@H]([C-]=O)C[C@]21C.CC(=O)[C@@H]1C[C@H](C)C(=O)[C@H]2[C@@]1(C)CC[C@H]1C(=O)O[C@@H]([C-]=O)C[C@]21C.[Y].[Y].[Y].[Y].[Y].[Y].[Y].[Y].[Y].[Y].[Y].[Y].[Y].[Y].[Y].[Y].[Y].[Y].[Y].[Y].[Y].[Y].[Y].[Y].[Y].[Y]. The van der Waals surface area contributed by atoms with E-state index in [2.05, 4.69) is 0 Å². The summed E-state index contributed by atoms with van der Waals surface area (Å²) in [4.78, 5) is 97.9. The number of esters is 2. The molecule has 0 spiro atoms. The van der Waals surface area contributed by atoms with E-state index in [1.165, 1.54) is 0 Å². The van der Waals surface area contributed by atoms with Crippen LogP contribution in [0.3, 0.4) is 0 Å². The van der Waals surface area contributed by atoms with Crippen LogP contribution in [0.2, 0.25) is 0 Å². The van der Waals surface area contributed by atoms with Gasteiger partial charge in [-0.1, -0.05) is 41.5 Å². The van der Waals surface area contributed by atoms with Crippen molar-refractivity contribution in [3.05, 3.63) is 0 Å². The molecule has 0 aromatic carbocycles. The van der Waals surface area contributed by atoms with Crippen molar-refractivity contribution >= 4 is 47.6 Å². The Bertz CT molecular complexity index is 1400. The van der Waals surface area contributed by atoms with Crippen LogP contribution >= 0.6 is 0 Å². The third-order valence-electron chi connectivity index (χ3n) is 14.1. The molecule has 14 atom stereocenters. The Labute approximate surface area is 1100 Å². The summed E-state index contributed by atoms with van der Waals surface area (Å²) >= 11 is 0. The predicted molar refractivity (Wildman–Crippen MR) is 171 cm³/mol. The summed E-state index contributed by atoms with van der Waals surface area (Å²) in [6.07, 6.45) is 6.05. The molecule has 0 aromatic heterocycles. The zero-order chi connectivity index (χ0) is 35.7. The zero-order valence-electron chi connectivity index (χ0n) is 44.5. The number of hydrogen-bond acceptors (Lipinski definition) is 10. The maximum Gasteiger partial charge on any atom is 0.307 e. The van der Waals surface area contributed by atoms with Crippen molar-refractivity contribution in [3.8, 4) is 0 Å². The molecule has 4 saturated carbocycles. The number of ketones is 4. The van der Waals surface area contributed by atoms with Crippen LogP contribution in [-0.4, -0.2) is 59.9 Å². The first-order valence-electron chi connectivity index (χ1n) is 17.5. The second-order valence-electron chi connectivity index (χ2n) is 17.0. The Balaban J connectivity index is -0.0000000270. The molecule has 342 valence electrons. The first kappa shape index (κ1) is 161. The molecule has 10 nitrogen and oxygen atoms in total. The smallest absolute Gasteiger partial charge is 0.307 e. The van der Waals surface area contributed by atoms with Gasteiger partial charge in [-0.2, -0.15) is 0 Å². The van der Waals surface area contributed by atoms with Gasteiger partial charge >= 0.3 is 11.9 Å². The Morgan fingerprint density at radius 1 is 0.419 bits per heavy atom. The fraction of sp³-hybridized carbons (Fsp3) is 0.789. The van der Waals surface area contributed by atoms with Gasteiger partial charge in [0, 0.05) is 898 Å². The molecule has 2 aliphatic heterocycles. The molecule has 2 heterocycles. The summed E-state index contributed by atoms with van der Waals surface area (Å²) in [5.41, 5.74) is -2.20. The Morgan fingerprint density at radius 2 is 0.635 bits per heavy atom. The molecule has 6 aliphatic rings. The van der Waals surface area contributed by atoms with Crippen LogP contribution in [0, 0.1) is 69.0 Å². The molecule has 4 aliphatic carbocycles. The minimum atomic E-state index is -0.915. The standard InChI is InChI=1S/2C19H25O5.26Y/c2*1-10-7-14(11(2)21)18(3)6-5-13-17(23)24-12(9-20)8-19(13,4)16(18)15(10)22;;;;;;;;;;;;;;;;;;;;;;;;;;/h2*10,12-14,16H,5-8H2,1-4H3;;;;;;;;;;;;;;;;;;;;;;;;;;/q2*-1;;;;;;;;;;;;;;;;;;;;;;;;;;/t10-,12+,13-,14-,16-,18-,19-;10-,12-,13+,14+,16+,18+,19+;;;;;;;;;;;;;;;;;;;;;;;;;;/m01........................../s1. The van der Waals surface area contributed by atoms with Crippen LogP contribution in [0.1, 0.15) is 107 Å². The van der Waals surface area contributed by atoms with E-state index in [-0.39, 0.29) is 909 Å². The van der Waals surface area contributed by atoms with E-state index in [4.69, 9.17) is 9.47 Å². The van der Waals surface area contributed by atoms with Gasteiger partial charge in [0.25, 0.3) is 0 Å². The monoisotopic (exact) mass is 2980 g/mol. The summed E-state index contributed by atoms with van der Waals surface area (Å²) < 4.78 is 10.4. The molecule has 2 saturated heterocycles. The number of fused-ring (bicyclic) bond motifs is 6. The molecule has 26 radical (unpaired) electrons. The fourth-order valence-electron chi connectivity index (χ4n) is 11.9. The van der Waals surface area contributed by atoms with E-state index in [1.54, 1.807) is 26.4 Å². The molecule has 0 aromatic rings. The largest absolute Gasteiger partial charge is 0.538 e. The summed E-state index contributed by atoms with van der Waals surface area (Å²) in [6.45, 7) is 14.8. The van der Waals surface area contributed by atoms with Crippen molar-refractivity contribution in [2.24, 2.45) is 69.0 Å². The average Bonchev–Trinajstić information content (AvgIpc) is 2.99. The van der Waals surface area contributed by atoms with Gasteiger partial charge in [0.1, 0.15) is 23.1 Å². The molecule has 6 fully saturated rings. The molecule has 74 heavy (non-hydrogen) atoms. The third-order valence-corrected chi connectivity index (χ3v) is 14.1. The summed E-state index contributed by atoms with van der Waals surface area (Å²) in [6, 6.07) is 0. The number of carbonyl (C=O) groups is 6. The van der Waals surface area contributed by atoms with Gasteiger partial charge in [-0.15, -0.1) is 0 Å². The minimum Gasteiger partial charge on any atom is -0.538 e. The second kappa shape index (κ2) is 78.3. The Kier molecular flexibility index (Phi) is 170. The van der Waals surface area contributed by atoms with E-state index in [0.717, 1.165) is 0 Å². The van der Waals surface area contributed by atoms with Crippen molar-refractivity contribution in [1.82, 2.24) is 0 Å². The predicted octanol–water partition coefficient (Wildman–Crippen LogP) is 4.46. The van der Waals surface area contributed by atoms with Gasteiger partial charge in [-0.25, -0.2) is 12.6 Å². The van der Waals surface area contributed by atoms with E-state index in [0.29, 0.717) is 51.4 Å². The fourth-order valence-corrected chi connectivity index (χ4v) is 11.9. The number of Topliss-reactive ketones (excluding diaryl/α,β-unsaturated/α-hetero) is 4. The van der Waals surface area contributed by atoms with Gasteiger partial charge < -0.3 is 19.1 Å². The van der Waals surface area contributed by atoms with Gasteiger partial charge in [0.05, 0.1) is 11.8 Å². The number of carbonyl (C=O) groups excluding carboxylic acids is 8. The van der Waals surface area contributed by atoms with E-state index < -0.39 is 57.6 Å². The molecule has 0 unspecified atom stereocenters. The summed E-state index contributed by atoms with van der Waals surface area (Å²) in [7, 11) is 0.